The molecule has 3 aromatic heterocycles. The van der Waals surface area contributed by atoms with Crippen molar-refractivity contribution >= 4 is 28.9 Å². The standard InChI is InChI=1S/C25H32N8O2/c1-6-19(13-18(2)3)15-26-30-22-14-21(32-7-11-35-12-8-32)23-25(28-22)31(4)24(29-23)20-16-27-33(17-20)9-10-34-5/h6,13-17H,1-2,7-12H2,3-5H3,(H,28,30)/b19-13+,26-15+. The molecule has 0 aliphatic carbocycles. The topological polar surface area (TPSA) is 94.6 Å². The van der Waals surface area contributed by atoms with Gasteiger partial charge in [0, 0.05) is 39.5 Å². The van der Waals surface area contributed by atoms with Crippen molar-refractivity contribution in [2.75, 3.05) is 50.3 Å². The lowest BCUT2D eigenvalue weighted by atomic mass is 10.2. The lowest BCUT2D eigenvalue weighted by molar-refractivity contribution is 0.123. The molecule has 10 nitrogen and oxygen atoms in total. The molecule has 0 unspecified atom stereocenters. The molecule has 1 saturated heterocycles. The molecule has 4 heterocycles. The molecule has 0 atom stereocenters. The average Bonchev–Trinajstić information content (AvgIpc) is 3.46. The van der Waals surface area contributed by atoms with Crippen LogP contribution >= 0.6 is 0 Å². The minimum absolute atomic E-state index is 0.594. The fourth-order valence-corrected chi connectivity index (χ4v) is 3.89. The number of methoxy groups -OCH3 is 1. The number of nitrogens with zero attached hydrogens (tertiary/aromatic N) is 7. The molecule has 0 amide bonds. The van der Waals surface area contributed by atoms with Gasteiger partial charge < -0.3 is 18.9 Å². The van der Waals surface area contributed by atoms with E-state index in [1.54, 1.807) is 19.4 Å². The van der Waals surface area contributed by atoms with Gasteiger partial charge in [-0.15, -0.1) is 0 Å². The zero-order valence-electron chi connectivity index (χ0n) is 20.6. The number of hydrogen-bond donors (Lipinski definition) is 1. The van der Waals surface area contributed by atoms with E-state index in [4.69, 9.17) is 19.4 Å². The quantitative estimate of drug-likeness (QED) is 0.272. The van der Waals surface area contributed by atoms with Crippen molar-refractivity contribution in [1.29, 1.82) is 0 Å². The Bertz CT molecular complexity index is 1260. The van der Waals surface area contributed by atoms with Crippen LogP contribution in [0.25, 0.3) is 22.6 Å². The number of hydrogen-bond acceptors (Lipinski definition) is 8. The Labute approximate surface area is 205 Å². The van der Waals surface area contributed by atoms with Gasteiger partial charge in [0.05, 0.1) is 50.0 Å². The summed E-state index contributed by atoms with van der Waals surface area (Å²) in [4.78, 5) is 12.1. The van der Waals surface area contributed by atoms with Crippen LogP contribution in [0.1, 0.15) is 6.92 Å². The van der Waals surface area contributed by atoms with Gasteiger partial charge in [0.15, 0.2) is 11.5 Å². The minimum Gasteiger partial charge on any atom is -0.383 e. The molecule has 1 N–H and O–H groups in total. The molecular formula is C25H32N8O2. The molecule has 1 fully saturated rings. The minimum atomic E-state index is 0.594. The Kier molecular flexibility index (Phi) is 7.74. The number of pyridine rings is 1. The highest BCUT2D eigenvalue weighted by Crippen LogP contribution is 2.32. The largest absolute Gasteiger partial charge is 0.383 e. The third-order valence-electron chi connectivity index (χ3n) is 5.62. The number of rotatable bonds is 10. The summed E-state index contributed by atoms with van der Waals surface area (Å²) in [5.41, 5.74) is 8.35. The number of aryl methyl sites for hydroxylation is 1. The number of imidazole rings is 1. The molecule has 0 saturated carbocycles. The average molecular weight is 477 g/mol. The maximum Gasteiger partial charge on any atom is 0.164 e. The predicted octanol–water partition coefficient (Wildman–Crippen LogP) is 3.40. The highest BCUT2D eigenvalue weighted by atomic mass is 16.5. The van der Waals surface area contributed by atoms with Crippen molar-refractivity contribution in [3.05, 3.63) is 54.9 Å². The molecule has 184 valence electrons. The van der Waals surface area contributed by atoms with E-state index in [0.717, 1.165) is 52.5 Å². The van der Waals surface area contributed by atoms with Gasteiger partial charge in [0.1, 0.15) is 11.3 Å². The first-order chi connectivity index (χ1) is 17.0. The molecule has 0 radical (unpaired) electrons. The fourth-order valence-electron chi connectivity index (χ4n) is 3.89. The number of ether oxygens (including phenoxy) is 2. The third kappa shape index (κ3) is 5.67. The van der Waals surface area contributed by atoms with Gasteiger partial charge in [-0.2, -0.15) is 10.2 Å². The van der Waals surface area contributed by atoms with Crippen molar-refractivity contribution in [2.45, 2.75) is 13.5 Å². The number of fused-ring (bicyclic) bond motifs is 1. The van der Waals surface area contributed by atoms with Crippen LogP contribution < -0.4 is 10.3 Å². The molecule has 0 bridgehead atoms. The van der Waals surface area contributed by atoms with E-state index in [-0.39, 0.29) is 0 Å². The van der Waals surface area contributed by atoms with E-state index >= 15 is 0 Å². The summed E-state index contributed by atoms with van der Waals surface area (Å²) in [5, 5.41) is 8.81. The van der Waals surface area contributed by atoms with Crippen LogP contribution in [0.5, 0.6) is 0 Å². The summed E-state index contributed by atoms with van der Waals surface area (Å²) in [5.74, 6) is 1.42. The van der Waals surface area contributed by atoms with Crippen LogP contribution in [-0.2, 0) is 23.1 Å². The molecular weight excluding hydrogens is 444 g/mol. The molecule has 3 aromatic rings. The maximum absolute atomic E-state index is 5.57. The van der Waals surface area contributed by atoms with E-state index in [1.807, 2.05) is 47.8 Å². The van der Waals surface area contributed by atoms with Gasteiger partial charge in [-0.05, 0) is 12.5 Å². The van der Waals surface area contributed by atoms with Crippen molar-refractivity contribution in [2.24, 2.45) is 12.1 Å². The van der Waals surface area contributed by atoms with E-state index in [1.165, 1.54) is 0 Å². The summed E-state index contributed by atoms with van der Waals surface area (Å²) in [7, 11) is 3.64. The number of anilines is 2. The van der Waals surface area contributed by atoms with Crippen molar-refractivity contribution in [3.8, 4) is 11.4 Å². The summed E-state index contributed by atoms with van der Waals surface area (Å²) in [6, 6.07) is 1.99. The molecule has 1 aliphatic heterocycles. The second-order valence-corrected chi connectivity index (χ2v) is 8.34. The first-order valence-corrected chi connectivity index (χ1v) is 11.5. The van der Waals surface area contributed by atoms with Crippen LogP contribution in [0, 0.1) is 0 Å². The number of morpholine rings is 1. The van der Waals surface area contributed by atoms with Gasteiger partial charge in [-0.1, -0.05) is 30.9 Å². The lowest BCUT2D eigenvalue weighted by Gasteiger charge is -2.29. The summed E-state index contributed by atoms with van der Waals surface area (Å²) >= 11 is 0. The van der Waals surface area contributed by atoms with Gasteiger partial charge in [0.2, 0.25) is 0 Å². The Morgan fingerprint density at radius 1 is 1.31 bits per heavy atom. The zero-order chi connectivity index (χ0) is 24.8. The number of allylic oxidation sites excluding steroid dienone is 4. The van der Waals surface area contributed by atoms with E-state index in [0.29, 0.717) is 32.2 Å². The molecule has 10 heteroatoms. The Hall–Kier alpha value is -3.76. The Morgan fingerprint density at radius 2 is 2.11 bits per heavy atom. The highest BCUT2D eigenvalue weighted by molar-refractivity contribution is 5.91. The summed E-state index contributed by atoms with van der Waals surface area (Å²) in [6.07, 6.45) is 9.14. The lowest BCUT2D eigenvalue weighted by Crippen LogP contribution is -2.36. The number of aromatic nitrogens is 5. The highest BCUT2D eigenvalue weighted by Gasteiger charge is 2.21. The van der Waals surface area contributed by atoms with Gasteiger partial charge in [-0.25, -0.2) is 9.97 Å². The SMILES string of the molecule is C=CC(/C=N/Nc1cc(N2CCOCC2)c2nc(-c3cnn(CCOC)c3)n(C)c2n1)=C\C(=C)C. The fraction of sp³-hybridized carbons (Fsp3) is 0.360. The Morgan fingerprint density at radius 3 is 2.83 bits per heavy atom. The smallest absolute Gasteiger partial charge is 0.164 e. The van der Waals surface area contributed by atoms with E-state index in [9.17, 15) is 0 Å². The summed E-state index contributed by atoms with van der Waals surface area (Å²) in [6.45, 7) is 13.8. The number of hydrazone groups is 1. The number of nitrogens with one attached hydrogen (secondary N) is 1. The third-order valence-corrected chi connectivity index (χ3v) is 5.62. The normalized spacial score (nSPS) is 14.7. The van der Waals surface area contributed by atoms with E-state index in [2.05, 4.69) is 33.7 Å². The van der Waals surface area contributed by atoms with Gasteiger partial charge in [-0.3, -0.25) is 10.1 Å². The second-order valence-electron chi connectivity index (χ2n) is 8.34. The molecule has 35 heavy (non-hydrogen) atoms. The van der Waals surface area contributed by atoms with Crippen LogP contribution in [0.3, 0.4) is 0 Å². The molecule has 0 aromatic carbocycles. The molecule has 1 aliphatic rings. The second kappa shape index (κ2) is 11.1. The van der Waals surface area contributed by atoms with Gasteiger partial charge in [0.25, 0.3) is 0 Å². The van der Waals surface area contributed by atoms with Crippen molar-refractivity contribution in [1.82, 2.24) is 24.3 Å². The first-order valence-electron chi connectivity index (χ1n) is 11.5. The van der Waals surface area contributed by atoms with Gasteiger partial charge >= 0.3 is 0 Å². The predicted molar refractivity (Wildman–Crippen MR) is 140 cm³/mol. The Balaban J connectivity index is 1.72. The zero-order valence-corrected chi connectivity index (χ0v) is 20.6. The first kappa shape index (κ1) is 24.4. The van der Waals surface area contributed by atoms with Crippen molar-refractivity contribution < 1.29 is 9.47 Å². The molecule has 4 rings (SSSR count). The molecule has 0 spiro atoms. The van der Waals surface area contributed by atoms with Crippen LogP contribution in [0.2, 0.25) is 0 Å². The van der Waals surface area contributed by atoms with Crippen LogP contribution in [-0.4, -0.2) is 70.6 Å². The monoisotopic (exact) mass is 476 g/mol. The van der Waals surface area contributed by atoms with Crippen LogP contribution in [0.4, 0.5) is 11.5 Å². The van der Waals surface area contributed by atoms with Crippen molar-refractivity contribution in [3.63, 3.8) is 0 Å². The van der Waals surface area contributed by atoms with E-state index < -0.39 is 0 Å². The van der Waals surface area contributed by atoms with Crippen LogP contribution in [0.15, 0.2) is 60.0 Å². The maximum atomic E-state index is 5.57. The summed E-state index contributed by atoms with van der Waals surface area (Å²) < 4.78 is 14.6.